The van der Waals surface area contributed by atoms with Gasteiger partial charge in [0.05, 0.1) is 10.2 Å². The van der Waals surface area contributed by atoms with Crippen LogP contribution in [0, 0.1) is 0 Å². The normalized spacial score (nSPS) is 7.40. The number of rotatable bonds is 0. The van der Waals surface area contributed by atoms with Crippen LogP contribution in [0.5, 0.6) is 0 Å². The summed E-state index contributed by atoms with van der Waals surface area (Å²) >= 11 is 5.66. The van der Waals surface area contributed by atoms with Crippen molar-refractivity contribution in [2.75, 3.05) is 0 Å². The predicted octanol–water partition coefficient (Wildman–Crippen LogP) is 1.98. The Balaban J connectivity index is 0. The summed E-state index contributed by atoms with van der Waals surface area (Å²) in [5, 5.41) is 1.69. The summed E-state index contributed by atoms with van der Waals surface area (Å²) in [5.74, 6) is 0. The molecule has 0 aromatic heterocycles. The lowest BCUT2D eigenvalue weighted by molar-refractivity contribution is 1.77. The summed E-state index contributed by atoms with van der Waals surface area (Å²) in [7, 11) is 3.31. The van der Waals surface area contributed by atoms with Gasteiger partial charge < -0.3 is 0 Å². The SMILES string of the molecule is Cl.Cl.[Si]c1ccccc1Cl. The number of hydrogen-bond acceptors (Lipinski definition) is 0. The first-order valence-electron chi connectivity index (χ1n) is 2.27. The minimum atomic E-state index is 0. The summed E-state index contributed by atoms with van der Waals surface area (Å²) in [6.45, 7) is 0. The molecule has 0 aliphatic carbocycles. The highest BCUT2D eigenvalue weighted by Gasteiger charge is 1.86. The van der Waals surface area contributed by atoms with Crippen LogP contribution in [0.2, 0.25) is 5.02 Å². The first kappa shape index (κ1) is 12.9. The molecule has 0 amide bonds. The Morgan fingerprint density at radius 3 is 1.90 bits per heavy atom. The Morgan fingerprint density at radius 2 is 1.60 bits per heavy atom. The van der Waals surface area contributed by atoms with Crippen molar-refractivity contribution in [3.63, 3.8) is 0 Å². The van der Waals surface area contributed by atoms with E-state index in [9.17, 15) is 0 Å². The second-order valence-electron chi connectivity index (χ2n) is 1.48. The van der Waals surface area contributed by atoms with E-state index < -0.39 is 0 Å². The summed E-state index contributed by atoms with van der Waals surface area (Å²) in [6, 6.07) is 7.56. The van der Waals surface area contributed by atoms with Gasteiger partial charge in [0, 0.05) is 5.02 Å². The standard InChI is InChI=1S/C6H4ClSi.2ClH/c7-5-3-1-2-4-6(5)8;;/h1-4H;2*1H. The largest absolute Gasteiger partial charge is 0.147 e. The minimum absolute atomic E-state index is 0. The Hall–Kier alpha value is 0.307. The number of benzene rings is 1. The number of halogens is 3. The summed E-state index contributed by atoms with van der Waals surface area (Å²) in [6.07, 6.45) is 0. The van der Waals surface area contributed by atoms with Gasteiger partial charge in [0.2, 0.25) is 0 Å². The third-order valence-electron chi connectivity index (χ3n) is 0.874. The Kier molecular flexibility index (Phi) is 7.82. The molecule has 0 atom stereocenters. The van der Waals surface area contributed by atoms with E-state index in [-0.39, 0.29) is 24.8 Å². The highest BCUT2D eigenvalue weighted by molar-refractivity contribution is 6.44. The molecule has 4 heteroatoms. The monoisotopic (exact) mass is 211 g/mol. The van der Waals surface area contributed by atoms with Gasteiger partial charge in [-0.15, -0.1) is 24.8 Å². The Labute approximate surface area is 81.2 Å². The highest BCUT2D eigenvalue weighted by Crippen LogP contribution is 2.00. The molecule has 3 radical (unpaired) electrons. The maximum atomic E-state index is 5.66. The molecule has 0 bridgehead atoms. The topological polar surface area (TPSA) is 0 Å². The van der Waals surface area contributed by atoms with E-state index in [0.29, 0.717) is 0 Å². The lowest BCUT2D eigenvalue weighted by Crippen LogP contribution is -2.00. The predicted molar refractivity (Wildman–Crippen MR) is 51.3 cm³/mol. The molecule has 1 rings (SSSR count). The zero-order valence-corrected chi connectivity index (χ0v) is 8.39. The molecule has 0 fully saturated rings. The van der Waals surface area contributed by atoms with Gasteiger partial charge in [-0.2, -0.15) is 0 Å². The molecule has 0 aliphatic rings. The molecule has 1 aromatic carbocycles. The van der Waals surface area contributed by atoms with Gasteiger partial charge in [-0.3, -0.25) is 0 Å². The van der Waals surface area contributed by atoms with Crippen molar-refractivity contribution in [3.05, 3.63) is 29.3 Å². The maximum Gasteiger partial charge on any atom is 0.0732 e. The van der Waals surface area contributed by atoms with Gasteiger partial charge in [0.1, 0.15) is 0 Å². The fourth-order valence-electron chi connectivity index (χ4n) is 0.461. The molecule has 0 saturated carbocycles. The average Bonchev–Trinajstić information content (AvgIpc) is 1.77. The van der Waals surface area contributed by atoms with E-state index in [1.54, 1.807) is 0 Å². The van der Waals surface area contributed by atoms with Crippen molar-refractivity contribution >= 4 is 51.8 Å². The van der Waals surface area contributed by atoms with Crippen LogP contribution in [-0.2, 0) is 0 Å². The molecule has 10 heavy (non-hydrogen) atoms. The van der Waals surface area contributed by atoms with E-state index in [4.69, 9.17) is 11.6 Å². The molecular formula is C6H6Cl3Si. The van der Waals surface area contributed by atoms with Gasteiger partial charge in [0.15, 0.2) is 0 Å². The Bertz CT molecular complexity index is 169. The van der Waals surface area contributed by atoms with E-state index >= 15 is 0 Å². The van der Waals surface area contributed by atoms with Crippen LogP contribution in [0.1, 0.15) is 0 Å². The molecule has 0 aliphatic heterocycles. The molecule has 55 valence electrons. The fourth-order valence-corrected chi connectivity index (χ4v) is 0.776. The molecule has 0 saturated heterocycles. The third-order valence-corrected chi connectivity index (χ3v) is 1.80. The molecule has 0 unspecified atom stereocenters. The average molecular weight is 213 g/mol. The van der Waals surface area contributed by atoms with Crippen LogP contribution in [0.4, 0.5) is 0 Å². The third kappa shape index (κ3) is 3.47. The van der Waals surface area contributed by atoms with E-state index in [0.717, 1.165) is 10.2 Å². The van der Waals surface area contributed by atoms with Crippen molar-refractivity contribution in [1.82, 2.24) is 0 Å². The summed E-state index contributed by atoms with van der Waals surface area (Å²) < 4.78 is 0. The maximum absolute atomic E-state index is 5.66. The molecule has 0 spiro atoms. The van der Waals surface area contributed by atoms with Crippen molar-refractivity contribution in [1.29, 1.82) is 0 Å². The Morgan fingerprint density at radius 1 is 1.10 bits per heavy atom. The van der Waals surface area contributed by atoms with Crippen LogP contribution in [0.15, 0.2) is 24.3 Å². The van der Waals surface area contributed by atoms with E-state index in [1.165, 1.54) is 0 Å². The second kappa shape index (κ2) is 6.05. The van der Waals surface area contributed by atoms with Gasteiger partial charge in [-0.1, -0.05) is 29.8 Å². The molecule has 0 N–H and O–H groups in total. The first-order valence-corrected chi connectivity index (χ1v) is 3.14. The van der Waals surface area contributed by atoms with Crippen molar-refractivity contribution < 1.29 is 0 Å². The van der Waals surface area contributed by atoms with Crippen LogP contribution in [-0.4, -0.2) is 10.2 Å². The van der Waals surface area contributed by atoms with Gasteiger partial charge in [-0.05, 0) is 11.3 Å². The van der Waals surface area contributed by atoms with Gasteiger partial charge in [0.25, 0.3) is 0 Å². The second-order valence-corrected chi connectivity index (χ2v) is 2.43. The lowest BCUT2D eigenvalue weighted by atomic mass is 10.4. The molecular weight excluding hydrogens is 207 g/mol. The van der Waals surface area contributed by atoms with Gasteiger partial charge >= 0.3 is 0 Å². The van der Waals surface area contributed by atoms with Crippen LogP contribution in [0.25, 0.3) is 0 Å². The lowest BCUT2D eigenvalue weighted by Gasteiger charge is -1.90. The van der Waals surface area contributed by atoms with Crippen LogP contribution < -0.4 is 5.19 Å². The van der Waals surface area contributed by atoms with Gasteiger partial charge in [-0.25, -0.2) is 0 Å². The number of hydrogen-bond donors (Lipinski definition) is 0. The van der Waals surface area contributed by atoms with Crippen molar-refractivity contribution in [2.24, 2.45) is 0 Å². The van der Waals surface area contributed by atoms with Crippen molar-refractivity contribution in [2.45, 2.75) is 0 Å². The summed E-state index contributed by atoms with van der Waals surface area (Å²) in [5.41, 5.74) is 0. The van der Waals surface area contributed by atoms with Crippen molar-refractivity contribution in [3.8, 4) is 0 Å². The van der Waals surface area contributed by atoms with E-state index in [2.05, 4.69) is 10.2 Å². The first-order chi connectivity index (χ1) is 3.80. The molecule has 0 nitrogen and oxygen atoms in total. The van der Waals surface area contributed by atoms with E-state index in [1.807, 2.05) is 24.3 Å². The van der Waals surface area contributed by atoms with Crippen LogP contribution in [0.3, 0.4) is 0 Å². The smallest absolute Gasteiger partial charge is 0.0732 e. The zero-order valence-electron chi connectivity index (χ0n) is 5.00. The summed E-state index contributed by atoms with van der Waals surface area (Å²) in [4.78, 5) is 0. The quantitative estimate of drug-likeness (QED) is 0.577. The minimum Gasteiger partial charge on any atom is -0.147 e. The fraction of sp³-hybridized carbons (Fsp3) is 0. The highest BCUT2D eigenvalue weighted by atomic mass is 35.5. The van der Waals surface area contributed by atoms with Crippen LogP contribution >= 0.6 is 36.4 Å². The zero-order chi connectivity index (χ0) is 5.98. The molecule has 1 aromatic rings. The molecule has 0 heterocycles.